The van der Waals surface area contributed by atoms with Crippen molar-refractivity contribution in [3.63, 3.8) is 0 Å². The Morgan fingerprint density at radius 1 is 1.18 bits per heavy atom. The third kappa shape index (κ3) is 7.38. The molecule has 0 atom stereocenters. The van der Waals surface area contributed by atoms with Crippen LogP contribution in [0.1, 0.15) is 53.0 Å². The molecule has 45 heavy (non-hydrogen) atoms. The lowest BCUT2D eigenvalue weighted by Crippen LogP contribution is -2.29. The Morgan fingerprint density at radius 3 is 2.58 bits per heavy atom. The summed E-state index contributed by atoms with van der Waals surface area (Å²) in [5, 5.41) is 25.8. The molecular weight excluding hydrogens is 612 g/mol. The number of aliphatic hydroxyl groups excluding tert-OH is 1. The van der Waals surface area contributed by atoms with Gasteiger partial charge < -0.3 is 24.6 Å². The molecule has 2 heterocycles. The van der Waals surface area contributed by atoms with Gasteiger partial charge in [-0.1, -0.05) is 12.1 Å². The predicted octanol–water partition coefficient (Wildman–Crippen LogP) is 1.75. The van der Waals surface area contributed by atoms with Gasteiger partial charge in [0.2, 0.25) is 15.3 Å². The number of carbonyl (C=O) groups is 2. The number of hydrazine groups is 1. The SMILES string of the molecule is CNS(=O)(=O)c1ccccc1-n1c(COC(=O)CCCO)nc2cc(C)c(C(=O)OCO/N=[N+](\[O-])N3CCCC3)c(C)c2c1=O. The highest BCUT2D eigenvalue weighted by atomic mass is 32.2. The van der Waals surface area contributed by atoms with E-state index in [4.69, 9.17) is 19.4 Å². The standard InChI is InChI=1S/C28H34N6O10S/c1-18-15-20-26(19(2)25(18)28(38)43-17-44-31-34(39)32-12-6-7-13-32)27(37)33(23(30-20)16-42-24(36)11-8-14-35)21-9-4-5-10-22(21)45(40,41)29-3/h4-5,9-10,15,29,35H,6-8,11-14,16-17H2,1-3H3/b34-31-. The van der Waals surface area contributed by atoms with Crippen LogP contribution in [-0.2, 0) is 35.7 Å². The number of esters is 2. The zero-order valence-corrected chi connectivity index (χ0v) is 25.8. The van der Waals surface area contributed by atoms with Crippen molar-refractivity contribution in [3.05, 3.63) is 68.4 Å². The third-order valence-electron chi connectivity index (χ3n) is 7.14. The first-order chi connectivity index (χ1) is 21.5. The Kier molecular flexibility index (Phi) is 10.7. The zero-order valence-electron chi connectivity index (χ0n) is 25.0. The summed E-state index contributed by atoms with van der Waals surface area (Å²) in [6.07, 6.45) is 1.80. The fraction of sp³-hybridized carbons (Fsp3) is 0.429. The molecule has 17 heteroatoms. The van der Waals surface area contributed by atoms with Crippen LogP contribution in [0.3, 0.4) is 0 Å². The average molecular weight is 647 g/mol. The molecule has 4 rings (SSSR count). The van der Waals surface area contributed by atoms with Gasteiger partial charge in [0.25, 0.3) is 12.4 Å². The number of carbonyl (C=O) groups excluding carboxylic acids is 2. The number of benzene rings is 2. The number of para-hydroxylation sites is 1. The molecule has 0 radical (unpaired) electrons. The van der Waals surface area contributed by atoms with Gasteiger partial charge in [-0.25, -0.2) is 22.9 Å². The summed E-state index contributed by atoms with van der Waals surface area (Å²) in [7, 11) is -2.85. The van der Waals surface area contributed by atoms with Crippen LogP contribution in [0.5, 0.6) is 0 Å². The van der Waals surface area contributed by atoms with Crippen LogP contribution in [0.2, 0.25) is 0 Å². The molecule has 16 nitrogen and oxygen atoms in total. The van der Waals surface area contributed by atoms with Crippen LogP contribution >= 0.6 is 0 Å². The van der Waals surface area contributed by atoms with Crippen molar-refractivity contribution in [2.45, 2.75) is 51.0 Å². The highest BCUT2D eigenvalue weighted by Crippen LogP contribution is 2.26. The molecule has 3 aromatic rings. The van der Waals surface area contributed by atoms with Gasteiger partial charge in [-0.3, -0.25) is 14.2 Å². The van der Waals surface area contributed by atoms with E-state index in [1.807, 2.05) is 0 Å². The van der Waals surface area contributed by atoms with Crippen LogP contribution in [0, 0.1) is 19.1 Å². The van der Waals surface area contributed by atoms with Crippen LogP contribution in [0.15, 0.2) is 45.3 Å². The van der Waals surface area contributed by atoms with E-state index in [-0.39, 0.29) is 57.9 Å². The number of ether oxygens (including phenoxy) is 2. The van der Waals surface area contributed by atoms with Crippen molar-refractivity contribution >= 4 is 32.9 Å². The van der Waals surface area contributed by atoms with Crippen LogP contribution in [0.4, 0.5) is 0 Å². The Balaban J connectivity index is 1.77. The monoisotopic (exact) mass is 646 g/mol. The second-order valence-electron chi connectivity index (χ2n) is 10.1. The van der Waals surface area contributed by atoms with Gasteiger partial charge in [-0.2, -0.15) is 0 Å². The molecule has 1 aliphatic heterocycles. The van der Waals surface area contributed by atoms with Crippen molar-refractivity contribution in [2.75, 3.05) is 33.5 Å². The van der Waals surface area contributed by atoms with E-state index in [1.54, 1.807) is 6.92 Å². The molecule has 2 N–H and O–H groups in total. The smallest absolute Gasteiger partial charge is 0.341 e. The fourth-order valence-corrected chi connectivity index (χ4v) is 5.88. The summed E-state index contributed by atoms with van der Waals surface area (Å²) in [4.78, 5) is 49.0. The number of aliphatic hydroxyl groups is 1. The van der Waals surface area contributed by atoms with E-state index in [1.165, 1.54) is 49.3 Å². The van der Waals surface area contributed by atoms with Gasteiger partial charge in [0.15, 0.2) is 5.82 Å². The predicted molar refractivity (Wildman–Crippen MR) is 157 cm³/mol. The van der Waals surface area contributed by atoms with E-state index < -0.39 is 40.9 Å². The highest BCUT2D eigenvalue weighted by molar-refractivity contribution is 7.89. The lowest BCUT2D eigenvalue weighted by atomic mass is 9.98. The molecule has 0 aliphatic carbocycles. The molecule has 1 fully saturated rings. The largest absolute Gasteiger partial charge is 0.569 e. The molecule has 0 saturated carbocycles. The summed E-state index contributed by atoms with van der Waals surface area (Å²) in [5.74, 6) is -1.58. The van der Waals surface area contributed by atoms with Crippen LogP contribution in [-0.4, -0.2) is 78.5 Å². The van der Waals surface area contributed by atoms with Crippen molar-refractivity contribution in [1.82, 2.24) is 19.3 Å². The van der Waals surface area contributed by atoms with Gasteiger partial charge in [0.05, 0.1) is 40.2 Å². The molecule has 1 aliphatic rings. The van der Waals surface area contributed by atoms with Gasteiger partial charge >= 0.3 is 11.9 Å². The Morgan fingerprint density at radius 2 is 1.89 bits per heavy atom. The third-order valence-corrected chi connectivity index (χ3v) is 8.60. The number of nitrogens with one attached hydrogen (secondary N) is 1. The second kappa shape index (κ2) is 14.4. The maximum atomic E-state index is 14.2. The first-order valence-corrected chi connectivity index (χ1v) is 15.6. The second-order valence-corrected chi connectivity index (χ2v) is 11.9. The molecule has 242 valence electrons. The van der Waals surface area contributed by atoms with Crippen LogP contribution < -0.4 is 10.3 Å². The summed E-state index contributed by atoms with van der Waals surface area (Å²) >= 11 is 0. The zero-order chi connectivity index (χ0) is 32.7. The van der Waals surface area contributed by atoms with E-state index in [9.17, 15) is 28.0 Å². The molecule has 1 aromatic heterocycles. The Labute approximate surface area is 258 Å². The quantitative estimate of drug-likeness (QED) is 0.0681. The maximum Gasteiger partial charge on any atom is 0.341 e. The highest BCUT2D eigenvalue weighted by Gasteiger charge is 2.26. The number of fused-ring (bicyclic) bond motifs is 1. The fourth-order valence-electron chi connectivity index (χ4n) is 4.97. The Bertz CT molecular complexity index is 1780. The van der Waals surface area contributed by atoms with Gasteiger partial charge in [0.1, 0.15) is 11.5 Å². The summed E-state index contributed by atoms with van der Waals surface area (Å²) in [6, 6.07) is 7.20. The topological polar surface area (TPSA) is 205 Å². The van der Waals surface area contributed by atoms with Crippen molar-refractivity contribution in [1.29, 1.82) is 0 Å². The number of aromatic nitrogens is 2. The number of aryl methyl sites for hydroxylation is 2. The summed E-state index contributed by atoms with van der Waals surface area (Å²) in [6.45, 7) is 2.83. The van der Waals surface area contributed by atoms with Gasteiger partial charge in [-0.15, -0.1) is 5.01 Å². The minimum atomic E-state index is -4.07. The summed E-state index contributed by atoms with van der Waals surface area (Å²) < 4.78 is 39.5. The van der Waals surface area contributed by atoms with Crippen LogP contribution in [0.25, 0.3) is 16.6 Å². The first kappa shape index (κ1) is 33.3. The lowest BCUT2D eigenvalue weighted by molar-refractivity contribution is -0.708. The molecule has 1 saturated heterocycles. The van der Waals surface area contributed by atoms with Crippen molar-refractivity contribution in [2.24, 2.45) is 5.28 Å². The van der Waals surface area contributed by atoms with Crippen molar-refractivity contribution in [3.8, 4) is 5.69 Å². The number of rotatable bonds is 13. The maximum absolute atomic E-state index is 14.2. The van der Waals surface area contributed by atoms with Gasteiger partial charge in [-0.05, 0) is 69.5 Å². The average Bonchev–Trinajstić information content (AvgIpc) is 3.56. The van der Waals surface area contributed by atoms with E-state index in [0.29, 0.717) is 23.6 Å². The number of hydrogen-bond donors (Lipinski definition) is 2. The Hall–Kier alpha value is -4.61. The normalized spacial score (nSPS) is 13.7. The summed E-state index contributed by atoms with van der Waals surface area (Å²) in [5.41, 5.74) is 0.00299. The lowest BCUT2D eigenvalue weighted by Gasteiger charge is -2.18. The first-order valence-electron chi connectivity index (χ1n) is 14.1. The molecule has 0 bridgehead atoms. The van der Waals surface area contributed by atoms with E-state index >= 15 is 0 Å². The van der Waals surface area contributed by atoms with Gasteiger partial charge in [0, 0.05) is 13.0 Å². The number of nitrogens with zero attached hydrogens (tertiary/aromatic N) is 5. The minimum Gasteiger partial charge on any atom is -0.569 e. The number of sulfonamides is 1. The van der Waals surface area contributed by atoms with E-state index in [2.05, 4.69) is 15.0 Å². The molecule has 0 spiro atoms. The van der Waals surface area contributed by atoms with Crippen molar-refractivity contribution < 1.29 is 42.4 Å². The van der Waals surface area contributed by atoms with E-state index in [0.717, 1.165) is 17.4 Å². The molecule has 2 aromatic carbocycles. The molecule has 0 unspecified atom stereocenters. The number of hydrogen-bond acceptors (Lipinski definition) is 12. The molecule has 0 amide bonds. The molecular formula is C28H34N6O10S. The minimum absolute atomic E-state index is 0.00932.